The number of benzene rings is 2. The Morgan fingerprint density at radius 1 is 1.12 bits per heavy atom. The van der Waals surface area contributed by atoms with Crippen molar-refractivity contribution in [1.82, 2.24) is 4.90 Å². The summed E-state index contributed by atoms with van der Waals surface area (Å²) in [6.45, 7) is 2.12. The molecule has 0 heterocycles. The average molecular weight is 392 g/mol. The molecule has 0 aliphatic rings. The van der Waals surface area contributed by atoms with E-state index in [1.54, 1.807) is 6.07 Å². The first kappa shape index (κ1) is 20.5. The Hall–Kier alpha value is -1.81. The Morgan fingerprint density at radius 3 is 2.31 bits per heavy atom. The number of hydrogen-bond donors (Lipinski definition) is 1. The van der Waals surface area contributed by atoms with Crippen molar-refractivity contribution < 1.29 is 9.90 Å². The fourth-order valence-electron chi connectivity index (χ4n) is 2.97. The van der Waals surface area contributed by atoms with E-state index in [0.717, 1.165) is 16.7 Å². The lowest BCUT2D eigenvalue weighted by atomic mass is 9.84. The average Bonchev–Trinajstić information content (AvgIpc) is 2.61. The number of carboxylic acids is 1. The van der Waals surface area contributed by atoms with Crippen molar-refractivity contribution >= 4 is 34.7 Å². The van der Waals surface area contributed by atoms with Crippen molar-refractivity contribution in [3.05, 3.63) is 75.8 Å². The zero-order valence-electron chi connectivity index (χ0n) is 15.1. The Bertz CT molecular complexity index is 788. The maximum absolute atomic E-state index is 11.4. The van der Waals surface area contributed by atoms with Gasteiger partial charge in [-0.25, -0.2) is 4.79 Å². The number of carbonyl (C=O) groups is 1. The Kier molecular flexibility index (Phi) is 7.27. The fraction of sp³-hybridized carbons (Fsp3) is 0.286. The van der Waals surface area contributed by atoms with E-state index in [1.165, 1.54) is 6.08 Å². The summed E-state index contributed by atoms with van der Waals surface area (Å²) in [6, 6.07) is 15.4. The molecule has 0 fully saturated rings. The first-order chi connectivity index (χ1) is 12.3. The third-order valence-electron chi connectivity index (χ3n) is 4.65. The molecule has 0 aromatic heterocycles. The van der Waals surface area contributed by atoms with Crippen LogP contribution in [0, 0.1) is 0 Å². The van der Waals surface area contributed by atoms with Gasteiger partial charge in [0.1, 0.15) is 0 Å². The lowest BCUT2D eigenvalue weighted by Crippen LogP contribution is -2.31. The molecule has 2 rings (SSSR count). The van der Waals surface area contributed by atoms with Crippen LogP contribution in [0.2, 0.25) is 10.0 Å². The molecule has 0 aliphatic heterocycles. The molecule has 0 radical (unpaired) electrons. The highest BCUT2D eigenvalue weighted by atomic mass is 35.5. The summed E-state index contributed by atoms with van der Waals surface area (Å²) in [5.74, 6) is -0.889. The molecule has 26 heavy (non-hydrogen) atoms. The number of aliphatic carboxylic acids is 1. The zero-order chi connectivity index (χ0) is 19.3. The molecule has 1 N–H and O–H groups in total. The molecule has 2 aromatic carbocycles. The molecule has 5 heteroatoms. The van der Waals surface area contributed by atoms with Gasteiger partial charge >= 0.3 is 5.97 Å². The van der Waals surface area contributed by atoms with Crippen molar-refractivity contribution in [1.29, 1.82) is 0 Å². The number of hydrogen-bond acceptors (Lipinski definition) is 2. The van der Waals surface area contributed by atoms with Crippen LogP contribution in [0.3, 0.4) is 0 Å². The molecule has 0 bridgehead atoms. The highest BCUT2D eigenvalue weighted by Crippen LogP contribution is 2.35. The van der Waals surface area contributed by atoms with Crippen LogP contribution in [-0.2, 0) is 4.79 Å². The summed E-state index contributed by atoms with van der Waals surface area (Å²) in [5, 5.41) is 10.3. The summed E-state index contributed by atoms with van der Waals surface area (Å²) >= 11 is 12.3. The molecule has 0 saturated heterocycles. The number of halogens is 2. The minimum atomic E-state index is -0.950. The van der Waals surface area contributed by atoms with E-state index >= 15 is 0 Å². The lowest BCUT2D eigenvalue weighted by molar-refractivity contribution is -0.131. The Balaban J connectivity index is 2.46. The predicted octanol–water partition coefficient (Wildman–Crippen LogP) is 5.59. The summed E-state index contributed by atoms with van der Waals surface area (Å²) in [6.07, 6.45) is 1.87. The topological polar surface area (TPSA) is 40.5 Å². The highest BCUT2D eigenvalue weighted by molar-refractivity contribution is 6.42. The molecular formula is C21H23Cl2NO2. The zero-order valence-corrected chi connectivity index (χ0v) is 16.6. The largest absolute Gasteiger partial charge is 0.478 e. The number of rotatable bonds is 7. The molecule has 0 saturated carbocycles. The third-order valence-corrected chi connectivity index (χ3v) is 5.39. The van der Waals surface area contributed by atoms with Crippen LogP contribution in [0.15, 0.2) is 54.6 Å². The Morgan fingerprint density at radius 2 is 1.77 bits per heavy atom. The summed E-state index contributed by atoms with van der Waals surface area (Å²) < 4.78 is 0. The first-order valence-electron chi connectivity index (χ1n) is 8.40. The third kappa shape index (κ3) is 5.34. The highest BCUT2D eigenvalue weighted by Gasteiger charge is 2.24. The molecule has 0 aliphatic carbocycles. The van der Waals surface area contributed by atoms with Gasteiger partial charge in [-0.1, -0.05) is 59.6 Å². The second kappa shape index (κ2) is 9.22. The van der Waals surface area contributed by atoms with Gasteiger partial charge in [-0.05, 0) is 56.3 Å². The maximum atomic E-state index is 11.4. The van der Waals surface area contributed by atoms with Crippen molar-refractivity contribution in [2.24, 2.45) is 0 Å². The SMILES string of the molecule is CC(C(C/C(=C\C(=O)O)c1ccccc1)c1ccc(Cl)c(Cl)c1)N(C)C. The van der Waals surface area contributed by atoms with Gasteiger partial charge in [0, 0.05) is 18.0 Å². The van der Waals surface area contributed by atoms with Gasteiger partial charge in [0.05, 0.1) is 10.0 Å². The van der Waals surface area contributed by atoms with E-state index in [0.29, 0.717) is 16.5 Å². The van der Waals surface area contributed by atoms with Gasteiger partial charge in [0.2, 0.25) is 0 Å². The van der Waals surface area contributed by atoms with Crippen LogP contribution in [0.25, 0.3) is 5.57 Å². The number of allylic oxidation sites excluding steroid dienone is 1. The van der Waals surface area contributed by atoms with Gasteiger partial charge in [-0.15, -0.1) is 0 Å². The molecule has 0 amide bonds. The van der Waals surface area contributed by atoms with Crippen LogP contribution in [0.4, 0.5) is 0 Å². The maximum Gasteiger partial charge on any atom is 0.328 e. The monoisotopic (exact) mass is 391 g/mol. The van der Waals surface area contributed by atoms with Crippen LogP contribution in [0.1, 0.15) is 30.4 Å². The quantitative estimate of drug-likeness (QED) is 0.625. The minimum Gasteiger partial charge on any atom is -0.478 e. The number of carboxylic acid groups (broad SMARTS) is 1. The van der Waals surface area contributed by atoms with Gasteiger partial charge < -0.3 is 10.0 Å². The molecule has 3 nitrogen and oxygen atoms in total. The molecule has 0 spiro atoms. The van der Waals surface area contributed by atoms with Crippen molar-refractivity contribution in [3.63, 3.8) is 0 Å². The van der Waals surface area contributed by atoms with Gasteiger partial charge in [-0.2, -0.15) is 0 Å². The minimum absolute atomic E-state index is 0.0607. The summed E-state index contributed by atoms with van der Waals surface area (Å²) in [4.78, 5) is 13.5. The van der Waals surface area contributed by atoms with Crippen molar-refractivity contribution in [2.45, 2.75) is 25.3 Å². The van der Waals surface area contributed by atoms with Gasteiger partial charge in [0.15, 0.2) is 0 Å². The molecule has 138 valence electrons. The standard InChI is InChI=1S/C21H23Cl2NO2/c1-14(24(2)3)18(16-9-10-19(22)20(23)12-16)11-17(13-21(25)26)15-7-5-4-6-8-15/h4-10,12-14,18H,11H2,1-3H3,(H,25,26)/b17-13+. The molecule has 2 unspecified atom stereocenters. The van der Waals surface area contributed by atoms with Crippen LogP contribution in [-0.4, -0.2) is 36.1 Å². The van der Waals surface area contributed by atoms with E-state index in [1.807, 2.05) is 56.6 Å². The second-order valence-electron chi connectivity index (χ2n) is 6.56. The van der Waals surface area contributed by atoms with E-state index < -0.39 is 5.97 Å². The number of likely N-dealkylation sites (N-methyl/N-ethyl adjacent to an activating group) is 1. The van der Waals surface area contributed by atoms with Crippen LogP contribution < -0.4 is 0 Å². The van der Waals surface area contributed by atoms with Gasteiger partial charge in [0.25, 0.3) is 0 Å². The van der Waals surface area contributed by atoms with E-state index in [4.69, 9.17) is 23.2 Å². The normalized spacial score (nSPS) is 14.3. The van der Waals surface area contributed by atoms with Crippen molar-refractivity contribution in [2.75, 3.05) is 14.1 Å². The number of nitrogens with zero attached hydrogens (tertiary/aromatic N) is 1. The fourth-order valence-corrected chi connectivity index (χ4v) is 3.27. The van der Waals surface area contributed by atoms with Crippen LogP contribution >= 0.6 is 23.2 Å². The van der Waals surface area contributed by atoms with Gasteiger partial charge in [-0.3, -0.25) is 0 Å². The predicted molar refractivity (Wildman–Crippen MR) is 109 cm³/mol. The lowest BCUT2D eigenvalue weighted by Gasteiger charge is -2.31. The smallest absolute Gasteiger partial charge is 0.328 e. The second-order valence-corrected chi connectivity index (χ2v) is 7.38. The molecule has 2 atom stereocenters. The van der Waals surface area contributed by atoms with Crippen molar-refractivity contribution in [3.8, 4) is 0 Å². The van der Waals surface area contributed by atoms with Crippen LogP contribution in [0.5, 0.6) is 0 Å². The first-order valence-corrected chi connectivity index (χ1v) is 9.15. The summed E-state index contributed by atoms with van der Waals surface area (Å²) in [5.41, 5.74) is 2.72. The van der Waals surface area contributed by atoms with E-state index in [2.05, 4.69) is 11.8 Å². The van der Waals surface area contributed by atoms with E-state index in [9.17, 15) is 9.90 Å². The summed E-state index contributed by atoms with van der Waals surface area (Å²) in [7, 11) is 4.02. The Labute approximate surface area is 164 Å². The van der Waals surface area contributed by atoms with E-state index in [-0.39, 0.29) is 12.0 Å². The molecular weight excluding hydrogens is 369 g/mol. The molecule has 2 aromatic rings.